The summed E-state index contributed by atoms with van der Waals surface area (Å²) in [7, 11) is 0. The summed E-state index contributed by atoms with van der Waals surface area (Å²) in [5.41, 5.74) is 5.44. The summed E-state index contributed by atoms with van der Waals surface area (Å²) in [4.78, 5) is 2.15. The molecule has 0 aliphatic carbocycles. The fourth-order valence-electron chi connectivity index (χ4n) is 3.06. The third kappa shape index (κ3) is 2.76. The molecule has 1 aliphatic heterocycles. The molecule has 0 saturated heterocycles. The zero-order chi connectivity index (χ0) is 16.4. The molecule has 1 N–H and O–H groups in total. The molecule has 0 amide bonds. The maximum Gasteiger partial charge on any atom is 0.150 e. The van der Waals surface area contributed by atoms with E-state index in [0.717, 1.165) is 17.9 Å². The van der Waals surface area contributed by atoms with Crippen LogP contribution in [0.1, 0.15) is 5.56 Å². The Labute approximate surface area is 146 Å². The van der Waals surface area contributed by atoms with Crippen LogP contribution in [0.25, 0.3) is 10.8 Å². The minimum Gasteiger partial charge on any atom is -0.301 e. The van der Waals surface area contributed by atoms with E-state index in [0.29, 0.717) is 0 Å². The predicted molar refractivity (Wildman–Crippen MR) is 105 cm³/mol. The van der Waals surface area contributed by atoms with Crippen LogP contribution in [-0.4, -0.2) is 17.4 Å². The lowest BCUT2D eigenvalue weighted by Gasteiger charge is -2.24. The molecule has 0 bridgehead atoms. The maximum atomic E-state index is 5.17. The molecule has 0 radical (unpaired) electrons. The van der Waals surface area contributed by atoms with Gasteiger partial charge in [-0.3, -0.25) is 5.43 Å². The average molecular weight is 331 g/mol. The van der Waals surface area contributed by atoms with Crippen molar-refractivity contribution in [2.45, 2.75) is 12.6 Å². The van der Waals surface area contributed by atoms with Gasteiger partial charge in [0.05, 0.1) is 0 Å². The summed E-state index contributed by atoms with van der Waals surface area (Å²) in [6, 6.07) is 25.2. The van der Waals surface area contributed by atoms with Gasteiger partial charge >= 0.3 is 0 Å². The molecule has 118 valence electrons. The summed E-state index contributed by atoms with van der Waals surface area (Å²) in [6.45, 7) is 0. The molecular weight excluding hydrogens is 314 g/mol. The molecule has 1 atom stereocenters. The highest BCUT2D eigenvalue weighted by molar-refractivity contribution is 7.79. The number of hydrazone groups is 1. The Morgan fingerprint density at radius 1 is 0.958 bits per heavy atom. The monoisotopic (exact) mass is 331 g/mol. The molecule has 3 aromatic rings. The topological polar surface area (TPSA) is 27.6 Å². The minimum absolute atomic E-state index is 0.0853. The van der Waals surface area contributed by atoms with E-state index >= 15 is 0 Å². The van der Waals surface area contributed by atoms with Crippen molar-refractivity contribution in [2.75, 3.05) is 4.90 Å². The van der Waals surface area contributed by atoms with Gasteiger partial charge in [0.2, 0.25) is 0 Å². The smallest absolute Gasteiger partial charge is 0.150 e. The number of nitrogens with one attached hydrogen (secondary N) is 1. The van der Waals surface area contributed by atoms with Crippen molar-refractivity contribution in [1.29, 1.82) is 0 Å². The first-order valence-electron chi connectivity index (χ1n) is 7.94. The van der Waals surface area contributed by atoms with E-state index in [1.165, 1.54) is 16.3 Å². The molecule has 1 unspecified atom stereocenters. The lowest BCUT2D eigenvalue weighted by atomic mass is 10.0. The largest absolute Gasteiger partial charge is 0.301 e. The quantitative estimate of drug-likeness (QED) is 0.729. The second-order valence-electron chi connectivity index (χ2n) is 5.80. The zero-order valence-corrected chi connectivity index (χ0v) is 13.9. The van der Waals surface area contributed by atoms with Gasteiger partial charge in [-0.1, -0.05) is 72.9 Å². The number of hydrogen-bond donors (Lipinski definition) is 1. The van der Waals surface area contributed by atoms with Crippen LogP contribution in [0.3, 0.4) is 0 Å². The van der Waals surface area contributed by atoms with Crippen LogP contribution in [-0.2, 0) is 6.42 Å². The third-order valence-corrected chi connectivity index (χ3v) is 4.48. The molecule has 24 heavy (non-hydrogen) atoms. The highest BCUT2D eigenvalue weighted by atomic mass is 32.1. The van der Waals surface area contributed by atoms with E-state index < -0.39 is 0 Å². The number of rotatable bonds is 4. The first kappa shape index (κ1) is 14.8. The predicted octanol–water partition coefficient (Wildman–Crippen LogP) is 4.13. The first-order chi connectivity index (χ1) is 11.8. The SMILES string of the molecule is S=CC1NN=C(Cc2ccc3ccccc3c2)N1c1ccccc1. The molecule has 3 nitrogen and oxygen atoms in total. The molecule has 0 saturated carbocycles. The zero-order valence-electron chi connectivity index (χ0n) is 13.1. The van der Waals surface area contributed by atoms with Gasteiger partial charge in [-0.15, -0.1) is 0 Å². The molecular formula is C20H17N3S. The summed E-state index contributed by atoms with van der Waals surface area (Å²) < 4.78 is 0. The van der Waals surface area contributed by atoms with Crippen LogP contribution in [0.15, 0.2) is 77.9 Å². The van der Waals surface area contributed by atoms with Gasteiger partial charge < -0.3 is 4.90 Å². The molecule has 4 heteroatoms. The van der Waals surface area contributed by atoms with Gasteiger partial charge in [-0.2, -0.15) is 5.10 Å². The number of nitrogens with zero attached hydrogens (tertiary/aromatic N) is 2. The second-order valence-corrected chi connectivity index (χ2v) is 6.07. The number of para-hydroxylation sites is 1. The van der Waals surface area contributed by atoms with Gasteiger partial charge in [0.15, 0.2) is 0 Å². The molecule has 0 spiro atoms. The summed E-state index contributed by atoms with van der Waals surface area (Å²) >= 11 is 5.17. The van der Waals surface area contributed by atoms with Crippen molar-refractivity contribution in [3.63, 3.8) is 0 Å². The molecule has 0 fully saturated rings. The Balaban J connectivity index is 1.65. The van der Waals surface area contributed by atoms with Crippen LogP contribution >= 0.6 is 12.2 Å². The van der Waals surface area contributed by atoms with Gasteiger partial charge in [0, 0.05) is 17.5 Å². The summed E-state index contributed by atoms with van der Waals surface area (Å²) in [5, 5.41) is 8.73. The summed E-state index contributed by atoms with van der Waals surface area (Å²) in [6.07, 6.45) is 0.671. The normalized spacial score (nSPS) is 16.8. The fourth-order valence-corrected chi connectivity index (χ4v) is 3.24. The Morgan fingerprint density at radius 2 is 1.71 bits per heavy atom. The number of amidine groups is 1. The maximum absolute atomic E-state index is 5.17. The minimum atomic E-state index is -0.0853. The van der Waals surface area contributed by atoms with Gasteiger partial charge in [-0.25, -0.2) is 0 Å². The molecule has 1 heterocycles. The van der Waals surface area contributed by atoms with Crippen LogP contribution in [0.4, 0.5) is 5.69 Å². The number of fused-ring (bicyclic) bond motifs is 1. The van der Waals surface area contributed by atoms with Crippen molar-refractivity contribution >= 4 is 39.9 Å². The standard InChI is InChI=1S/C20H17N3S/c24-14-20-22-21-19(23(20)18-8-2-1-3-9-18)13-15-10-11-16-6-4-5-7-17(16)12-15/h1-12,14,20,22H,13H2. The Bertz CT molecular complexity index is 905. The van der Waals surface area contributed by atoms with Gasteiger partial charge in [-0.05, 0) is 28.5 Å². The Hall–Kier alpha value is -2.72. The molecule has 3 aromatic carbocycles. The van der Waals surface area contributed by atoms with Crippen LogP contribution < -0.4 is 10.3 Å². The third-order valence-electron chi connectivity index (χ3n) is 4.22. The number of hydrogen-bond acceptors (Lipinski definition) is 4. The number of benzene rings is 3. The van der Waals surface area contributed by atoms with Crippen LogP contribution in [0, 0.1) is 0 Å². The van der Waals surface area contributed by atoms with Crippen LogP contribution in [0.2, 0.25) is 0 Å². The molecule has 4 rings (SSSR count). The molecule has 1 aliphatic rings. The fraction of sp³-hybridized carbons (Fsp3) is 0.100. The molecule has 0 aromatic heterocycles. The number of anilines is 1. The van der Waals surface area contributed by atoms with E-state index in [2.05, 4.69) is 70.0 Å². The van der Waals surface area contributed by atoms with Gasteiger partial charge in [0.25, 0.3) is 0 Å². The van der Waals surface area contributed by atoms with E-state index in [9.17, 15) is 0 Å². The lowest BCUT2D eigenvalue weighted by Crippen LogP contribution is -2.41. The first-order valence-corrected chi connectivity index (χ1v) is 8.41. The highest BCUT2D eigenvalue weighted by Crippen LogP contribution is 2.22. The Morgan fingerprint density at radius 3 is 2.50 bits per heavy atom. The van der Waals surface area contributed by atoms with Crippen molar-refractivity contribution < 1.29 is 0 Å². The Kier molecular flexibility index (Phi) is 3.97. The second kappa shape index (κ2) is 6.42. The van der Waals surface area contributed by atoms with Gasteiger partial charge in [0.1, 0.15) is 12.0 Å². The van der Waals surface area contributed by atoms with Crippen molar-refractivity contribution in [2.24, 2.45) is 5.10 Å². The number of thiocarbonyl (C=S) groups is 1. The highest BCUT2D eigenvalue weighted by Gasteiger charge is 2.27. The van der Waals surface area contributed by atoms with Crippen molar-refractivity contribution in [1.82, 2.24) is 5.43 Å². The van der Waals surface area contributed by atoms with E-state index in [1.54, 1.807) is 5.37 Å². The van der Waals surface area contributed by atoms with Crippen molar-refractivity contribution in [3.8, 4) is 0 Å². The van der Waals surface area contributed by atoms with E-state index in [4.69, 9.17) is 12.2 Å². The lowest BCUT2D eigenvalue weighted by molar-refractivity contribution is 0.734. The van der Waals surface area contributed by atoms with E-state index in [1.807, 2.05) is 18.2 Å². The van der Waals surface area contributed by atoms with Crippen molar-refractivity contribution in [3.05, 3.63) is 78.4 Å². The average Bonchev–Trinajstić information content (AvgIpc) is 3.05. The van der Waals surface area contributed by atoms with E-state index in [-0.39, 0.29) is 6.17 Å². The van der Waals surface area contributed by atoms with Crippen LogP contribution in [0.5, 0.6) is 0 Å². The summed E-state index contributed by atoms with van der Waals surface area (Å²) in [5.74, 6) is 0.975.